The Morgan fingerprint density at radius 2 is 1.90 bits per heavy atom. The normalized spacial score (nSPS) is 24.8. The van der Waals surface area contributed by atoms with Gasteiger partial charge >= 0.3 is 0 Å². The quantitative estimate of drug-likeness (QED) is 0.718. The number of hydrogen-bond acceptors (Lipinski definition) is 5. The van der Waals surface area contributed by atoms with Crippen molar-refractivity contribution < 1.29 is 13.2 Å². The fourth-order valence-electron chi connectivity index (χ4n) is 3.80. The molecule has 0 spiro atoms. The lowest BCUT2D eigenvalue weighted by molar-refractivity contribution is -0.124. The zero-order valence-corrected chi connectivity index (χ0v) is 19.7. The molecule has 1 amide bonds. The fraction of sp³-hybridized carbons (Fsp3) is 0.619. The summed E-state index contributed by atoms with van der Waals surface area (Å²) in [7, 11) is -3.08. The third kappa shape index (κ3) is 4.48. The van der Waals surface area contributed by atoms with Gasteiger partial charge in [-0.15, -0.1) is 0 Å². The van der Waals surface area contributed by atoms with Gasteiger partial charge in [0.15, 0.2) is 15.0 Å². The van der Waals surface area contributed by atoms with E-state index in [0.717, 1.165) is 30.0 Å². The summed E-state index contributed by atoms with van der Waals surface area (Å²) in [6.07, 6.45) is 0. The zero-order valence-electron chi connectivity index (χ0n) is 18.1. The van der Waals surface area contributed by atoms with E-state index < -0.39 is 15.3 Å². The lowest BCUT2D eigenvalue weighted by Gasteiger charge is -2.28. The number of carbonyl (C=O) groups excluding carboxylic acids is 1. The van der Waals surface area contributed by atoms with Crippen molar-refractivity contribution >= 4 is 44.0 Å². The second kappa shape index (κ2) is 7.95. The molecule has 0 aromatic heterocycles. The number of aryl methyl sites for hydroxylation is 1. The maximum Gasteiger partial charge on any atom is 0.253 e. The Labute approximate surface area is 178 Å². The highest BCUT2D eigenvalue weighted by Crippen LogP contribution is 2.42. The van der Waals surface area contributed by atoms with Gasteiger partial charge in [-0.1, -0.05) is 32.5 Å². The molecular formula is C21H31N3O3S2. The van der Waals surface area contributed by atoms with E-state index in [4.69, 9.17) is 0 Å². The topological polar surface area (TPSA) is 70.0 Å². The highest BCUT2D eigenvalue weighted by atomic mass is 32.2. The SMILES string of the molecule is CCN(CC)c1ccc(N2C(=NC(=O)C(C)(C)C)S[C@@H]3CS(=O)(=O)C[C@H]32)c(C)c1. The minimum Gasteiger partial charge on any atom is -0.372 e. The molecule has 8 heteroatoms. The Hall–Kier alpha value is -1.54. The number of hydrogen-bond donors (Lipinski definition) is 0. The van der Waals surface area contributed by atoms with Crippen LogP contribution in [0.15, 0.2) is 23.2 Å². The number of carbonyl (C=O) groups is 1. The van der Waals surface area contributed by atoms with Crippen LogP contribution in [-0.2, 0) is 14.6 Å². The number of amides is 1. The largest absolute Gasteiger partial charge is 0.372 e. The van der Waals surface area contributed by atoms with Crippen molar-refractivity contribution in [2.24, 2.45) is 10.4 Å². The van der Waals surface area contributed by atoms with Crippen LogP contribution in [0.2, 0.25) is 0 Å². The molecule has 29 heavy (non-hydrogen) atoms. The number of anilines is 2. The molecule has 3 rings (SSSR count). The van der Waals surface area contributed by atoms with Gasteiger partial charge in [-0.25, -0.2) is 8.42 Å². The van der Waals surface area contributed by atoms with Crippen LogP contribution >= 0.6 is 11.8 Å². The van der Waals surface area contributed by atoms with Crippen LogP contribution in [0.3, 0.4) is 0 Å². The number of aliphatic imine (C=N–C) groups is 1. The number of nitrogens with zero attached hydrogens (tertiary/aromatic N) is 3. The van der Waals surface area contributed by atoms with E-state index in [1.54, 1.807) is 0 Å². The Morgan fingerprint density at radius 1 is 1.24 bits per heavy atom. The van der Waals surface area contributed by atoms with Gasteiger partial charge in [-0.05, 0) is 44.5 Å². The van der Waals surface area contributed by atoms with E-state index in [9.17, 15) is 13.2 Å². The van der Waals surface area contributed by atoms with Gasteiger partial charge < -0.3 is 9.80 Å². The van der Waals surface area contributed by atoms with Crippen LogP contribution in [0, 0.1) is 12.3 Å². The first-order chi connectivity index (χ1) is 13.5. The molecule has 2 saturated heterocycles. The first-order valence-electron chi connectivity index (χ1n) is 10.1. The molecule has 2 aliphatic rings. The lowest BCUT2D eigenvalue weighted by Crippen LogP contribution is -2.38. The van der Waals surface area contributed by atoms with Crippen LogP contribution in [0.4, 0.5) is 11.4 Å². The van der Waals surface area contributed by atoms with E-state index in [1.807, 2.05) is 38.7 Å². The standard InChI is InChI=1S/C21H31N3O3S2/c1-7-23(8-2)15-9-10-16(14(3)11-15)24-17-12-29(26,27)13-18(17)28-20(24)22-19(25)21(4,5)6/h9-11,17-18H,7-8,12-13H2,1-6H3/t17-,18-/m1/s1. The molecule has 2 fully saturated rings. The molecule has 2 aliphatic heterocycles. The molecule has 0 radical (unpaired) electrons. The van der Waals surface area contributed by atoms with E-state index >= 15 is 0 Å². The van der Waals surface area contributed by atoms with E-state index in [1.165, 1.54) is 11.8 Å². The van der Waals surface area contributed by atoms with E-state index in [2.05, 4.69) is 35.9 Å². The maximum atomic E-state index is 12.6. The molecule has 0 unspecified atom stereocenters. The summed E-state index contributed by atoms with van der Waals surface area (Å²) in [6.45, 7) is 13.7. The molecule has 2 heterocycles. The van der Waals surface area contributed by atoms with Crippen molar-refractivity contribution in [2.75, 3.05) is 34.4 Å². The fourth-order valence-corrected chi connectivity index (χ4v) is 7.70. The summed E-state index contributed by atoms with van der Waals surface area (Å²) in [5.41, 5.74) is 2.54. The highest BCUT2D eigenvalue weighted by molar-refractivity contribution is 8.16. The van der Waals surface area contributed by atoms with Crippen molar-refractivity contribution in [3.63, 3.8) is 0 Å². The summed E-state index contributed by atoms with van der Waals surface area (Å²) in [4.78, 5) is 21.3. The Bertz CT molecular complexity index is 931. The first-order valence-corrected chi connectivity index (χ1v) is 12.8. The molecule has 1 aromatic rings. The van der Waals surface area contributed by atoms with Gasteiger partial charge in [0.2, 0.25) is 0 Å². The third-order valence-electron chi connectivity index (χ3n) is 5.47. The molecule has 1 aromatic carbocycles. The Morgan fingerprint density at radius 3 is 2.45 bits per heavy atom. The summed E-state index contributed by atoms with van der Waals surface area (Å²) >= 11 is 1.42. The molecule has 2 atom stereocenters. The molecular weight excluding hydrogens is 406 g/mol. The van der Waals surface area contributed by atoms with Gasteiger partial charge in [-0.3, -0.25) is 4.79 Å². The number of amidine groups is 1. The van der Waals surface area contributed by atoms with Crippen LogP contribution in [0.25, 0.3) is 0 Å². The van der Waals surface area contributed by atoms with Gasteiger partial charge in [-0.2, -0.15) is 4.99 Å². The summed E-state index contributed by atoms with van der Waals surface area (Å²) < 4.78 is 24.5. The van der Waals surface area contributed by atoms with Gasteiger partial charge in [0, 0.05) is 35.1 Å². The number of thioether (sulfide) groups is 1. The first kappa shape index (κ1) is 22.2. The summed E-state index contributed by atoms with van der Waals surface area (Å²) in [5.74, 6) is 0.0493. The summed E-state index contributed by atoms with van der Waals surface area (Å²) in [6, 6.07) is 6.05. The van der Waals surface area contributed by atoms with Crippen molar-refractivity contribution in [1.82, 2.24) is 0 Å². The van der Waals surface area contributed by atoms with Crippen molar-refractivity contribution in [3.8, 4) is 0 Å². The van der Waals surface area contributed by atoms with Crippen LogP contribution in [0.5, 0.6) is 0 Å². The van der Waals surface area contributed by atoms with Crippen molar-refractivity contribution in [2.45, 2.75) is 52.8 Å². The van der Waals surface area contributed by atoms with Gasteiger partial charge in [0.05, 0.1) is 17.5 Å². The minimum atomic E-state index is -3.08. The minimum absolute atomic E-state index is 0.0895. The second-order valence-electron chi connectivity index (χ2n) is 8.76. The van der Waals surface area contributed by atoms with Crippen molar-refractivity contribution in [1.29, 1.82) is 0 Å². The molecule has 0 aliphatic carbocycles. The van der Waals surface area contributed by atoms with Crippen LogP contribution < -0.4 is 9.80 Å². The predicted molar refractivity (Wildman–Crippen MR) is 123 cm³/mol. The van der Waals surface area contributed by atoms with E-state index in [-0.39, 0.29) is 28.7 Å². The average molecular weight is 438 g/mol. The zero-order chi connectivity index (χ0) is 21.6. The highest BCUT2D eigenvalue weighted by Gasteiger charge is 2.49. The molecule has 0 bridgehead atoms. The number of benzene rings is 1. The number of sulfone groups is 1. The Kier molecular flexibility index (Phi) is 6.07. The smallest absolute Gasteiger partial charge is 0.253 e. The number of fused-ring (bicyclic) bond motifs is 1. The molecule has 0 N–H and O–H groups in total. The van der Waals surface area contributed by atoms with Gasteiger partial charge in [0.1, 0.15) is 0 Å². The Balaban J connectivity index is 2.04. The van der Waals surface area contributed by atoms with E-state index in [0.29, 0.717) is 5.17 Å². The molecule has 0 saturated carbocycles. The average Bonchev–Trinajstić information content (AvgIpc) is 3.06. The second-order valence-corrected chi connectivity index (χ2v) is 12.1. The molecule has 160 valence electrons. The van der Waals surface area contributed by atoms with Gasteiger partial charge in [0.25, 0.3) is 5.91 Å². The lowest BCUT2D eigenvalue weighted by atomic mass is 9.96. The summed E-state index contributed by atoms with van der Waals surface area (Å²) in [5, 5.41) is 0.530. The number of rotatable bonds is 4. The van der Waals surface area contributed by atoms with Crippen LogP contribution in [0.1, 0.15) is 40.2 Å². The van der Waals surface area contributed by atoms with Crippen molar-refractivity contribution in [3.05, 3.63) is 23.8 Å². The predicted octanol–water partition coefficient (Wildman–Crippen LogP) is 3.49. The maximum absolute atomic E-state index is 12.6. The third-order valence-corrected chi connectivity index (χ3v) is 8.68. The molecule has 6 nitrogen and oxygen atoms in total. The van der Waals surface area contributed by atoms with Crippen LogP contribution in [-0.4, -0.2) is 55.4 Å². The monoisotopic (exact) mass is 437 g/mol.